The maximum absolute atomic E-state index is 6.11. The van der Waals surface area contributed by atoms with E-state index in [4.69, 9.17) is 10.5 Å². The average molecular weight is 356 g/mol. The zero-order valence-electron chi connectivity index (χ0n) is 14.7. The number of hydrogen-bond donors (Lipinski definition) is 1. The molecule has 0 bridgehead atoms. The van der Waals surface area contributed by atoms with E-state index in [1.54, 1.807) is 6.20 Å². The lowest BCUT2D eigenvalue weighted by Gasteiger charge is -2.27. The Bertz CT molecular complexity index is 757. The van der Waals surface area contributed by atoms with Gasteiger partial charge in [0.15, 0.2) is 5.96 Å². The lowest BCUT2D eigenvalue weighted by molar-refractivity contribution is 0.455. The van der Waals surface area contributed by atoms with E-state index in [9.17, 15) is 0 Å². The van der Waals surface area contributed by atoms with Gasteiger partial charge in [0.2, 0.25) is 5.88 Å². The molecule has 0 saturated carbocycles. The number of nitrogens with two attached hydrogens (primary N) is 1. The highest BCUT2D eigenvalue weighted by molar-refractivity contribution is 7.99. The van der Waals surface area contributed by atoms with Crippen molar-refractivity contribution in [1.29, 1.82) is 0 Å². The first-order valence-electron chi connectivity index (χ1n) is 8.44. The molecule has 0 radical (unpaired) electrons. The number of nitrogens with zero attached hydrogens (tertiary/aromatic N) is 3. The number of ether oxygens (including phenoxy) is 1. The molecule has 0 unspecified atom stereocenters. The van der Waals surface area contributed by atoms with Gasteiger partial charge in [-0.15, -0.1) is 0 Å². The second-order valence-corrected chi connectivity index (χ2v) is 7.35. The normalized spacial score (nSPS) is 15.3. The van der Waals surface area contributed by atoms with Crippen LogP contribution >= 0.6 is 11.8 Å². The fraction of sp³-hybridized carbons (Fsp3) is 0.368. The van der Waals surface area contributed by atoms with E-state index < -0.39 is 0 Å². The molecule has 1 aliphatic heterocycles. The Hall–Kier alpha value is -2.21. The molecule has 0 spiro atoms. The van der Waals surface area contributed by atoms with Gasteiger partial charge in [-0.2, -0.15) is 11.8 Å². The molecule has 0 amide bonds. The van der Waals surface area contributed by atoms with Crippen LogP contribution in [0.5, 0.6) is 11.6 Å². The SMILES string of the molecule is Cc1ccc(Oc2cc(CN=C(N)N3CCSCC3)ccn2)cc1C. The summed E-state index contributed by atoms with van der Waals surface area (Å²) in [5, 5.41) is 0. The molecule has 2 heterocycles. The second-order valence-electron chi connectivity index (χ2n) is 6.12. The molecule has 132 valence electrons. The van der Waals surface area contributed by atoms with Crippen LogP contribution < -0.4 is 10.5 Å². The number of guanidine groups is 1. The largest absolute Gasteiger partial charge is 0.439 e. The Labute approximate surface area is 153 Å². The Morgan fingerprint density at radius 2 is 2.00 bits per heavy atom. The molecule has 1 aliphatic rings. The van der Waals surface area contributed by atoms with E-state index in [-0.39, 0.29) is 0 Å². The molecule has 1 aromatic carbocycles. The Morgan fingerprint density at radius 1 is 1.20 bits per heavy atom. The van der Waals surface area contributed by atoms with Gasteiger partial charge in [0.05, 0.1) is 6.54 Å². The monoisotopic (exact) mass is 356 g/mol. The van der Waals surface area contributed by atoms with Gasteiger partial charge in [-0.25, -0.2) is 9.98 Å². The smallest absolute Gasteiger partial charge is 0.219 e. The summed E-state index contributed by atoms with van der Waals surface area (Å²) < 4.78 is 5.87. The minimum Gasteiger partial charge on any atom is -0.439 e. The first-order valence-corrected chi connectivity index (χ1v) is 9.60. The number of aryl methyl sites for hydroxylation is 2. The molecule has 1 fully saturated rings. The predicted octanol–water partition coefficient (Wildman–Crippen LogP) is 3.35. The summed E-state index contributed by atoms with van der Waals surface area (Å²) in [5.74, 6) is 4.21. The Balaban J connectivity index is 1.65. The quantitative estimate of drug-likeness (QED) is 0.672. The van der Waals surface area contributed by atoms with Crippen molar-refractivity contribution in [3.8, 4) is 11.6 Å². The van der Waals surface area contributed by atoms with Crippen molar-refractivity contribution in [3.05, 3.63) is 53.2 Å². The van der Waals surface area contributed by atoms with Gasteiger partial charge in [-0.05, 0) is 48.7 Å². The van der Waals surface area contributed by atoms with Crippen LogP contribution in [-0.4, -0.2) is 40.4 Å². The van der Waals surface area contributed by atoms with Gasteiger partial charge in [0.25, 0.3) is 0 Å². The van der Waals surface area contributed by atoms with E-state index in [0.29, 0.717) is 18.4 Å². The van der Waals surface area contributed by atoms with Crippen molar-refractivity contribution in [3.63, 3.8) is 0 Å². The minimum absolute atomic E-state index is 0.529. The summed E-state index contributed by atoms with van der Waals surface area (Å²) in [6.45, 7) is 6.63. The molecule has 2 aromatic rings. The number of aliphatic imine (C=N–C) groups is 1. The van der Waals surface area contributed by atoms with Crippen molar-refractivity contribution in [2.45, 2.75) is 20.4 Å². The zero-order chi connectivity index (χ0) is 17.6. The molecule has 0 aliphatic carbocycles. The van der Waals surface area contributed by atoms with E-state index in [1.807, 2.05) is 36.0 Å². The maximum atomic E-state index is 6.11. The fourth-order valence-corrected chi connectivity index (χ4v) is 3.47. The highest BCUT2D eigenvalue weighted by atomic mass is 32.2. The Morgan fingerprint density at radius 3 is 2.76 bits per heavy atom. The van der Waals surface area contributed by atoms with E-state index in [0.717, 1.165) is 35.9 Å². The highest BCUT2D eigenvalue weighted by Gasteiger charge is 2.12. The Kier molecular flexibility index (Phi) is 5.81. The molecule has 5 nitrogen and oxygen atoms in total. The number of benzene rings is 1. The van der Waals surface area contributed by atoms with Crippen LogP contribution in [0.3, 0.4) is 0 Å². The number of rotatable bonds is 4. The molecule has 1 aromatic heterocycles. The highest BCUT2D eigenvalue weighted by Crippen LogP contribution is 2.23. The summed E-state index contributed by atoms with van der Waals surface area (Å²) in [7, 11) is 0. The third-order valence-corrected chi connectivity index (χ3v) is 5.20. The van der Waals surface area contributed by atoms with Crippen LogP contribution in [0.2, 0.25) is 0 Å². The average Bonchev–Trinajstić information content (AvgIpc) is 2.64. The van der Waals surface area contributed by atoms with E-state index in [2.05, 4.69) is 34.8 Å². The summed E-state index contributed by atoms with van der Waals surface area (Å²) >= 11 is 1.96. The number of aromatic nitrogens is 1. The molecule has 3 rings (SSSR count). The van der Waals surface area contributed by atoms with E-state index >= 15 is 0 Å². The van der Waals surface area contributed by atoms with Crippen LogP contribution in [0.1, 0.15) is 16.7 Å². The van der Waals surface area contributed by atoms with Crippen molar-refractivity contribution in [1.82, 2.24) is 9.88 Å². The summed E-state index contributed by atoms with van der Waals surface area (Å²) in [6.07, 6.45) is 1.74. The number of hydrogen-bond acceptors (Lipinski definition) is 4. The lowest BCUT2D eigenvalue weighted by Crippen LogP contribution is -2.42. The third kappa shape index (κ3) is 4.89. The predicted molar refractivity (Wildman–Crippen MR) is 104 cm³/mol. The van der Waals surface area contributed by atoms with Gasteiger partial charge < -0.3 is 15.4 Å². The summed E-state index contributed by atoms with van der Waals surface area (Å²) in [6, 6.07) is 9.89. The molecular formula is C19H24N4OS. The fourth-order valence-electron chi connectivity index (χ4n) is 2.57. The molecule has 25 heavy (non-hydrogen) atoms. The topological polar surface area (TPSA) is 63.7 Å². The van der Waals surface area contributed by atoms with Gasteiger partial charge in [-0.3, -0.25) is 0 Å². The van der Waals surface area contributed by atoms with Crippen LogP contribution in [0.4, 0.5) is 0 Å². The maximum Gasteiger partial charge on any atom is 0.219 e. The summed E-state index contributed by atoms with van der Waals surface area (Å²) in [4.78, 5) is 11.0. The number of pyridine rings is 1. The van der Waals surface area contributed by atoms with Gasteiger partial charge in [-0.1, -0.05) is 6.07 Å². The summed E-state index contributed by atoms with van der Waals surface area (Å²) in [5.41, 5.74) is 9.58. The first-order chi connectivity index (χ1) is 12.1. The van der Waals surface area contributed by atoms with Crippen LogP contribution in [0.25, 0.3) is 0 Å². The van der Waals surface area contributed by atoms with Gasteiger partial charge in [0, 0.05) is 36.9 Å². The lowest BCUT2D eigenvalue weighted by atomic mass is 10.1. The van der Waals surface area contributed by atoms with Crippen LogP contribution in [0, 0.1) is 13.8 Å². The molecule has 2 N–H and O–H groups in total. The standard InChI is InChI=1S/C19H24N4OS/c1-14-3-4-17(11-15(14)2)24-18-12-16(5-6-21-18)13-22-19(20)23-7-9-25-10-8-23/h3-6,11-12H,7-10,13H2,1-2H3,(H2,20,22). The molecule has 0 atom stereocenters. The second kappa shape index (κ2) is 8.25. The minimum atomic E-state index is 0.529. The first kappa shape index (κ1) is 17.6. The zero-order valence-corrected chi connectivity index (χ0v) is 15.6. The molecule has 6 heteroatoms. The van der Waals surface area contributed by atoms with Crippen molar-refractivity contribution >= 4 is 17.7 Å². The molecule has 1 saturated heterocycles. The van der Waals surface area contributed by atoms with Gasteiger partial charge >= 0.3 is 0 Å². The van der Waals surface area contributed by atoms with Crippen molar-refractivity contribution in [2.24, 2.45) is 10.7 Å². The molecular weight excluding hydrogens is 332 g/mol. The number of thioether (sulfide) groups is 1. The third-order valence-electron chi connectivity index (χ3n) is 4.26. The van der Waals surface area contributed by atoms with Crippen molar-refractivity contribution in [2.75, 3.05) is 24.6 Å². The van der Waals surface area contributed by atoms with Crippen LogP contribution in [0.15, 0.2) is 41.5 Å². The van der Waals surface area contributed by atoms with Crippen molar-refractivity contribution < 1.29 is 4.74 Å². The van der Waals surface area contributed by atoms with E-state index in [1.165, 1.54) is 11.1 Å². The van der Waals surface area contributed by atoms with Crippen LogP contribution in [-0.2, 0) is 6.54 Å². The van der Waals surface area contributed by atoms with Gasteiger partial charge in [0.1, 0.15) is 5.75 Å².